The molecule has 0 bridgehead atoms. The van der Waals surface area contributed by atoms with Gasteiger partial charge in [0.1, 0.15) is 18.7 Å². The molecule has 1 aromatic rings. The van der Waals surface area contributed by atoms with Crippen molar-refractivity contribution in [2.45, 2.75) is 77.8 Å². The van der Waals surface area contributed by atoms with Crippen molar-refractivity contribution in [2.75, 3.05) is 6.61 Å². The first kappa shape index (κ1) is 33.1. The molecule has 12 nitrogen and oxygen atoms in total. The van der Waals surface area contributed by atoms with Crippen molar-refractivity contribution >= 4 is 29.8 Å². The molecule has 12 heteroatoms. The number of ether oxygens (including phenoxy) is 2. The van der Waals surface area contributed by atoms with Crippen molar-refractivity contribution < 1.29 is 38.6 Å². The number of esters is 1. The number of benzene rings is 1. The van der Waals surface area contributed by atoms with Gasteiger partial charge in [-0.3, -0.25) is 14.4 Å². The van der Waals surface area contributed by atoms with Gasteiger partial charge in [-0.2, -0.15) is 0 Å². The number of nitrogens with two attached hydrogens (primary N) is 1. The minimum absolute atomic E-state index is 0.000180. The van der Waals surface area contributed by atoms with Gasteiger partial charge in [-0.25, -0.2) is 9.59 Å². The van der Waals surface area contributed by atoms with Gasteiger partial charge in [0.05, 0.1) is 12.7 Å². The first-order valence-corrected chi connectivity index (χ1v) is 12.8. The van der Waals surface area contributed by atoms with E-state index in [9.17, 15) is 29.1 Å². The molecule has 0 saturated carbocycles. The summed E-state index contributed by atoms with van der Waals surface area (Å²) in [5.41, 5.74) is 5.98. The molecular weight excluding hydrogens is 508 g/mol. The van der Waals surface area contributed by atoms with E-state index in [4.69, 9.17) is 15.2 Å². The van der Waals surface area contributed by atoms with Crippen LogP contribution >= 0.6 is 0 Å². The van der Waals surface area contributed by atoms with Crippen LogP contribution in [0.25, 0.3) is 0 Å². The first-order valence-electron chi connectivity index (χ1n) is 12.8. The van der Waals surface area contributed by atoms with Gasteiger partial charge in [0, 0.05) is 18.5 Å². The normalized spacial score (nSPS) is 14.1. The molecule has 39 heavy (non-hydrogen) atoms. The number of amides is 4. The summed E-state index contributed by atoms with van der Waals surface area (Å²) >= 11 is 0. The Balaban J connectivity index is 2.92. The van der Waals surface area contributed by atoms with E-state index in [-0.39, 0.29) is 38.4 Å². The maximum Gasteiger partial charge on any atom is 0.408 e. The Kier molecular flexibility index (Phi) is 14.9. The van der Waals surface area contributed by atoms with Gasteiger partial charge in [0.25, 0.3) is 0 Å². The molecule has 0 fully saturated rings. The second-order valence-corrected chi connectivity index (χ2v) is 9.35. The van der Waals surface area contributed by atoms with E-state index in [1.54, 1.807) is 31.2 Å². The fraction of sp³-hybridized carbons (Fsp3) is 0.519. The lowest BCUT2D eigenvalue weighted by Crippen LogP contribution is -2.58. The van der Waals surface area contributed by atoms with E-state index >= 15 is 0 Å². The zero-order valence-corrected chi connectivity index (χ0v) is 22.8. The number of rotatable bonds is 16. The van der Waals surface area contributed by atoms with E-state index in [1.165, 1.54) is 13.0 Å². The highest BCUT2D eigenvalue weighted by atomic mass is 16.5. The first-order chi connectivity index (χ1) is 18.4. The molecule has 0 radical (unpaired) electrons. The second-order valence-electron chi connectivity index (χ2n) is 9.35. The predicted molar refractivity (Wildman–Crippen MR) is 143 cm³/mol. The molecule has 0 spiro atoms. The molecule has 0 aliphatic carbocycles. The lowest BCUT2D eigenvalue weighted by molar-refractivity contribution is -0.137. The Morgan fingerprint density at radius 2 is 1.64 bits per heavy atom. The fourth-order valence-corrected chi connectivity index (χ4v) is 3.44. The zero-order valence-electron chi connectivity index (χ0n) is 22.8. The van der Waals surface area contributed by atoms with Crippen LogP contribution in [0.2, 0.25) is 0 Å². The number of alkyl carbamates (subject to hydrolysis) is 1. The monoisotopic (exact) mass is 548 g/mol. The average molecular weight is 549 g/mol. The van der Waals surface area contributed by atoms with E-state index in [0.29, 0.717) is 0 Å². The van der Waals surface area contributed by atoms with Crippen molar-refractivity contribution in [1.82, 2.24) is 16.0 Å². The number of hydrogen-bond donors (Lipinski definition) is 5. The van der Waals surface area contributed by atoms with Crippen LogP contribution in [0.15, 0.2) is 42.5 Å². The fourth-order valence-electron chi connectivity index (χ4n) is 3.44. The van der Waals surface area contributed by atoms with Crippen molar-refractivity contribution in [2.24, 2.45) is 11.7 Å². The molecule has 1 rings (SSSR count). The van der Waals surface area contributed by atoms with Crippen LogP contribution in [-0.2, 0) is 35.3 Å². The predicted octanol–water partition coefficient (Wildman–Crippen LogP) is 1.06. The average Bonchev–Trinajstić information content (AvgIpc) is 2.87. The lowest BCUT2D eigenvalue weighted by Gasteiger charge is -2.26. The van der Waals surface area contributed by atoms with E-state index in [2.05, 4.69) is 16.0 Å². The third kappa shape index (κ3) is 14.0. The number of carbonyl (C=O) groups is 5. The van der Waals surface area contributed by atoms with Crippen LogP contribution in [0, 0.1) is 5.92 Å². The van der Waals surface area contributed by atoms with E-state index < -0.39 is 54.0 Å². The maximum absolute atomic E-state index is 13.1. The number of hydrogen-bond acceptors (Lipinski definition) is 8. The van der Waals surface area contributed by atoms with Crippen LogP contribution < -0.4 is 21.7 Å². The molecular formula is C27H40N4O8. The minimum atomic E-state index is -1.40. The van der Waals surface area contributed by atoms with Crippen LogP contribution in [-0.4, -0.2) is 65.7 Å². The number of aliphatic hydroxyl groups is 1. The van der Waals surface area contributed by atoms with Crippen LogP contribution in [0.5, 0.6) is 0 Å². The Bertz CT molecular complexity index is 981. The standard InChI is InChI=1S/C27H40N4O8/c1-5-38-23(34)14-12-20(11-13-22(28)33)29-26(36)24(18(4)32)31-25(35)21(15-17(2)3)30-27(37)39-16-19-9-7-6-8-10-19/h6-10,12,14,17-18,20-21,24,32H,5,11,13,15-16H2,1-4H3,(H2,28,33)(H,29,36)(H,30,37)(H,31,35)/b14-12+/t18-,20-,21-,24?/m0/s1. The van der Waals surface area contributed by atoms with Crippen molar-refractivity contribution in [3.63, 3.8) is 0 Å². The molecule has 6 N–H and O–H groups in total. The van der Waals surface area contributed by atoms with Gasteiger partial charge in [-0.15, -0.1) is 0 Å². The summed E-state index contributed by atoms with van der Waals surface area (Å²) in [7, 11) is 0. The molecule has 0 saturated heterocycles. The van der Waals surface area contributed by atoms with Crippen molar-refractivity contribution in [3.8, 4) is 0 Å². The molecule has 1 aromatic carbocycles. The molecule has 1 unspecified atom stereocenters. The molecule has 0 heterocycles. The molecule has 0 aliphatic rings. The Morgan fingerprint density at radius 1 is 0.974 bits per heavy atom. The number of aliphatic hydroxyl groups excluding tert-OH is 1. The van der Waals surface area contributed by atoms with Crippen molar-refractivity contribution in [1.29, 1.82) is 0 Å². The van der Waals surface area contributed by atoms with Gasteiger partial charge in [0.15, 0.2) is 0 Å². The summed E-state index contributed by atoms with van der Waals surface area (Å²) in [6.07, 6.45) is 0.542. The third-order valence-electron chi connectivity index (χ3n) is 5.37. The zero-order chi connectivity index (χ0) is 29.4. The summed E-state index contributed by atoms with van der Waals surface area (Å²) in [6, 6.07) is 5.75. The third-order valence-corrected chi connectivity index (χ3v) is 5.37. The topological polar surface area (TPSA) is 186 Å². The Labute approximate surface area is 228 Å². The minimum Gasteiger partial charge on any atom is -0.463 e. The van der Waals surface area contributed by atoms with Crippen molar-refractivity contribution in [3.05, 3.63) is 48.0 Å². The Morgan fingerprint density at radius 3 is 2.21 bits per heavy atom. The molecule has 4 atom stereocenters. The molecule has 216 valence electrons. The quantitative estimate of drug-likeness (QED) is 0.150. The SMILES string of the molecule is CCOC(=O)/C=C/[C@H](CCC(N)=O)NC(=O)C(NC(=O)[C@H](CC(C)C)NC(=O)OCc1ccccc1)[C@H](C)O. The lowest BCUT2D eigenvalue weighted by atomic mass is 10.0. The van der Waals surface area contributed by atoms with Crippen LogP contribution in [0.4, 0.5) is 4.79 Å². The van der Waals surface area contributed by atoms with E-state index in [0.717, 1.165) is 11.6 Å². The summed E-state index contributed by atoms with van der Waals surface area (Å²) in [5.74, 6) is -2.72. The van der Waals surface area contributed by atoms with Gasteiger partial charge in [-0.1, -0.05) is 50.3 Å². The van der Waals surface area contributed by atoms with Crippen LogP contribution in [0.3, 0.4) is 0 Å². The number of nitrogens with one attached hydrogen (secondary N) is 3. The molecule has 0 aliphatic heterocycles. The highest BCUT2D eigenvalue weighted by Crippen LogP contribution is 2.08. The smallest absolute Gasteiger partial charge is 0.408 e. The van der Waals surface area contributed by atoms with Gasteiger partial charge in [0.2, 0.25) is 17.7 Å². The second kappa shape index (κ2) is 17.6. The summed E-state index contributed by atoms with van der Waals surface area (Å²) in [4.78, 5) is 61.4. The molecule has 0 aromatic heterocycles. The summed E-state index contributed by atoms with van der Waals surface area (Å²) < 4.78 is 10.0. The van der Waals surface area contributed by atoms with Crippen LogP contribution in [0.1, 0.15) is 52.5 Å². The summed E-state index contributed by atoms with van der Waals surface area (Å²) in [5, 5.41) is 17.8. The number of carbonyl (C=O) groups excluding carboxylic acids is 5. The highest BCUT2D eigenvalue weighted by Gasteiger charge is 2.31. The highest BCUT2D eigenvalue weighted by molar-refractivity contribution is 5.92. The summed E-state index contributed by atoms with van der Waals surface area (Å²) in [6.45, 7) is 6.83. The van der Waals surface area contributed by atoms with E-state index in [1.807, 2.05) is 19.9 Å². The largest absolute Gasteiger partial charge is 0.463 e. The van der Waals surface area contributed by atoms with Gasteiger partial charge < -0.3 is 36.3 Å². The maximum atomic E-state index is 13.1. The Hall–Kier alpha value is -3.93. The molecule has 4 amide bonds. The van der Waals surface area contributed by atoms with Gasteiger partial charge in [-0.05, 0) is 38.2 Å². The number of primary amides is 1. The van der Waals surface area contributed by atoms with Gasteiger partial charge >= 0.3 is 12.1 Å².